The van der Waals surface area contributed by atoms with E-state index in [1.54, 1.807) is 0 Å². The second-order valence-electron chi connectivity index (χ2n) is 4.10. The molecule has 1 saturated heterocycles. The van der Waals surface area contributed by atoms with E-state index < -0.39 is 0 Å². The minimum atomic E-state index is 0.683. The molecule has 0 aromatic carbocycles. The fourth-order valence-corrected chi connectivity index (χ4v) is 2.87. The first-order valence-electron chi connectivity index (χ1n) is 5.65. The highest BCUT2D eigenvalue weighted by molar-refractivity contribution is 7.11. The molecule has 1 aliphatic rings. The summed E-state index contributed by atoms with van der Waals surface area (Å²) in [5.74, 6) is 0. The molecule has 1 aliphatic heterocycles. The number of aromatic nitrogens is 1. The minimum Gasteiger partial charge on any atom is -0.314 e. The van der Waals surface area contributed by atoms with Crippen molar-refractivity contribution in [1.29, 1.82) is 0 Å². The molecular weight excluding hydrogens is 206 g/mol. The highest BCUT2D eigenvalue weighted by atomic mass is 32.1. The second kappa shape index (κ2) is 5.05. The Labute approximate surface area is 95.5 Å². The van der Waals surface area contributed by atoms with Gasteiger partial charge in [-0.25, -0.2) is 4.98 Å². The van der Waals surface area contributed by atoms with Gasteiger partial charge in [0.2, 0.25) is 0 Å². The molecule has 1 aromatic rings. The Morgan fingerprint density at radius 2 is 2.53 bits per heavy atom. The fourth-order valence-electron chi connectivity index (χ4n) is 2.06. The maximum atomic E-state index is 4.44. The zero-order valence-corrected chi connectivity index (χ0v) is 10.3. The van der Waals surface area contributed by atoms with Crippen LogP contribution in [0.2, 0.25) is 0 Å². The van der Waals surface area contributed by atoms with Gasteiger partial charge in [-0.15, -0.1) is 11.3 Å². The Bertz CT molecular complexity index is 311. The van der Waals surface area contributed by atoms with Crippen molar-refractivity contribution in [3.8, 4) is 0 Å². The lowest BCUT2D eigenvalue weighted by Gasteiger charge is -2.35. The average Bonchev–Trinajstić information content (AvgIpc) is 2.65. The Morgan fingerprint density at radius 3 is 3.20 bits per heavy atom. The van der Waals surface area contributed by atoms with Crippen molar-refractivity contribution in [1.82, 2.24) is 15.2 Å². The summed E-state index contributed by atoms with van der Waals surface area (Å²) >= 11 is 1.82. The van der Waals surface area contributed by atoms with E-state index in [0.29, 0.717) is 6.04 Å². The summed E-state index contributed by atoms with van der Waals surface area (Å²) in [6.45, 7) is 8.80. The van der Waals surface area contributed by atoms with Gasteiger partial charge in [-0.1, -0.05) is 6.92 Å². The first kappa shape index (κ1) is 11.0. The number of aryl methyl sites for hydroxylation is 1. The Hall–Kier alpha value is -0.450. The van der Waals surface area contributed by atoms with Crippen LogP contribution in [-0.4, -0.2) is 35.6 Å². The van der Waals surface area contributed by atoms with E-state index >= 15 is 0 Å². The van der Waals surface area contributed by atoms with Crippen LogP contribution in [0.15, 0.2) is 6.20 Å². The van der Waals surface area contributed by atoms with E-state index in [4.69, 9.17) is 0 Å². The molecule has 1 N–H and O–H groups in total. The summed E-state index contributed by atoms with van der Waals surface area (Å²) in [5, 5.41) is 4.71. The molecule has 0 spiro atoms. The summed E-state index contributed by atoms with van der Waals surface area (Å²) in [6.07, 6.45) is 3.19. The van der Waals surface area contributed by atoms with Gasteiger partial charge in [0, 0.05) is 36.8 Å². The number of hydrogen-bond acceptors (Lipinski definition) is 4. The highest BCUT2D eigenvalue weighted by Gasteiger charge is 2.21. The van der Waals surface area contributed by atoms with Crippen molar-refractivity contribution in [3.05, 3.63) is 16.1 Å². The SMILES string of the molecule is CCC1CNCCN1Cc1ncc(C)s1. The van der Waals surface area contributed by atoms with Gasteiger partial charge in [0.05, 0.1) is 6.54 Å². The lowest BCUT2D eigenvalue weighted by atomic mass is 10.1. The fraction of sp³-hybridized carbons (Fsp3) is 0.727. The van der Waals surface area contributed by atoms with E-state index in [-0.39, 0.29) is 0 Å². The zero-order valence-electron chi connectivity index (χ0n) is 9.49. The van der Waals surface area contributed by atoms with Crippen LogP contribution in [0, 0.1) is 6.92 Å². The zero-order chi connectivity index (χ0) is 10.7. The van der Waals surface area contributed by atoms with Crippen molar-refractivity contribution in [3.63, 3.8) is 0 Å². The maximum absolute atomic E-state index is 4.44. The number of nitrogens with one attached hydrogen (secondary N) is 1. The van der Waals surface area contributed by atoms with Crippen molar-refractivity contribution >= 4 is 11.3 Å². The van der Waals surface area contributed by atoms with Gasteiger partial charge in [0.1, 0.15) is 5.01 Å². The standard InChI is InChI=1S/C11H19N3S/c1-3-10-7-12-4-5-14(10)8-11-13-6-9(2)15-11/h6,10,12H,3-5,7-8H2,1-2H3. The van der Waals surface area contributed by atoms with Gasteiger partial charge in [-0.05, 0) is 13.3 Å². The average molecular weight is 225 g/mol. The number of piperazine rings is 1. The normalized spacial score (nSPS) is 23.2. The quantitative estimate of drug-likeness (QED) is 0.847. The van der Waals surface area contributed by atoms with Gasteiger partial charge in [-0.2, -0.15) is 0 Å². The van der Waals surface area contributed by atoms with Gasteiger partial charge in [-0.3, -0.25) is 4.90 Å². The monoisotopic (exact) mass is 225 g/mol. The molecule has 84 valence electrons. The minimum absolute atomic E-state index is 0.683. The summed E-state index contributed by atoms with van der Waals surface area (Å²) < 4.78 is 0. The molecule has 2 rings (SSSR count). The molecule has 0 radical (unpaired) electrons. The van der Waals surface area contributed by atoms with Crippen LogP contribution in [0.4, 0.5) is 0 Å². The van der Waals surface area contributed by atoms with Gasteiger partial charge < -0.3 is 5.32 Å². The van der Waals surface area contributed by atoms with Crippen LogP contribution in [0.3, 0.4) is 0 Å². The van der Waals surface area contributed by atoms with Crippen molar-refractivity contribution < 1.29 is 0 Å². The molecule has 4 heteroatoms. The predicted molar refractivity (Wildman–Crippen MR) is 64.2 cm³/mol. The van der Waals surface area contributed by atoms with Gasteiger partial charge >= 0.3 is 0 Å². The Kier molecular flexibility index (Phi) is 3.72. The number of nitrogens with zero attached hydrogens (tertiary/aromatic N) is 2. The first-order valence-corrected chi connectivity index (χ1v) is 6.47. The van der Waals surface area contributed by atoms with E-state index in [0.717, 1.165) is 26.2 Å². The highest BCUT2D eigenvalue weighted by Crippen LogP contribution is 2.16. The van der Waals surface area contributed by atoms with Crippen LogP contribution < -0.4 is 5.32 Å². The van der Waals surface area contributed by atoms with Crippen LogP contribution >= 0.6 is 11.3 Å². The molecule has 0 amide bonds. The summed E-state index contributed by atoms with van der Waals surface area (Å²) in [5.41, 5.74) is 0. The summed E-state index contributed by atoms with van der Waals surface area (Å²) in [4.78, 5) is 8.30. The van der Waals surface area contributed by atoms with Gasteiger partial charge in [0.15, 0.2) is 0 Å². The van der Waals surface area contributed by atoms with Crippen molar-refractivity contribution in [2.24, 2.45) is 0 Å². The van der Waals surface area contributed by atoms with Crippen LogP contribution in [-0.2, 0) is 6.54 Å². The lowest BCUT2D eigenvalue weighted by molar-refractivity contribution is 0.149. The smallest absolute Gasteiger partial charge is 0.107 e. The molecule has 1 unspecified atom stereocenters. The molecule has 1 fully saturated rings. The first-order chi connectivity index (χ1) is 7.29. The molecule has 3 nitrogen and oxygen atoms in total. The Morgan fingerprint density at radius 1 is 1.67 bits per heavy atom. The molecule has 0 aliphatic carbocycles. The van der Waals surface area contributed by atoms with Crippen molar-refractivity contribution in [2.75, 3.05) is 19.6 Å². The molecule has 1 aromatic heterocycles. The van der Waals surface area contributed by atoms with Crippen LogP contribution in [0.5, 0.6) is 0 Å². The third kappa shape index (κ3) is 2.77. The van der Waals surface area contributed by atoms with Crippen LogP contribution in [0.25, 0.3) is 0 Å². The number of hydrogen-bond donors (Lipinski definition) is 1. The largest absolute Gasteiger partial charge is 0.314 e. The van der Waals surface area contributed by atoms with E-state index in [9.17, 15) is 0 Å². The number of thiazole rings is 1. The second-order valence-corrected chi connectivity index (χ2v) is 5.42. The van der Waals surface area contributed by atoms with E-state index in [1.807, 2.05) is 17.5 Å². The molecule has 1 atom stereocenters. The van der Waals surface area contributed by atoms with Crippen molar-refractivity contribution in [2.45, 2.75) is 32.9 Å². The van der Waals surface area contributed by atoms with E-state index in [2.05, 4.69) is 29.0 Å². The number of rotatable bonds is 3. The van der Waals surface area contributed by atoms with E-state index in [1.165, 1.54) is 16.3 Å². The third-order valence-electron chi connectivity index (χ3n) is 2.95. The topological polar surface area (TPSA) is 28.2 Å². The molecule has 0 saturated carbocycles. The summed E-state index contributed by atoms with van der Waals surface area (Å²) in [7, 11) is 0. The summed E-state index contributed by atoms with van der Waals surface area (Å²) in [6, 6.07) is 0.683. The maximum Gasteiger partial charge on any atom is 0.107 e. The predicted octanol–water partition coefficient (Wildman–Crippen LogP) is 1.64. The third-order valence-corrected chi connectivity index (χ3v) is 3.85. The Balaban J connectivity index is 1.97. The molecule has 2 heterocycles. The molecule has 0 bridgehead atoms. The van der Waals surface area contributed by atoms with Gasteiger partial charge in [0.25, 0.3) is 0 Å². The molecular formula is C11H19N3S. The lowest BCUT2D eigenvalue weighted by Crippen LogP contribution is -2.50. The van der Waals surface area contributed by atoms with Crippen LogP contribution in [0.1, 0.15) is 23.2 Å². The molecule has 15 heavy (non-hydrogen) atoms.